The molecule has 0 aliphatic heterocycles. The summed E-state index contributed by atoms with van der Waals surface area (Å²) in [5.74, 6) is 0. The minimum atomic E-state index is -2.19. The summed E-state index contributed by atoms with van der Waals surface area (Å²) in [4.78, 5) is 0. The van der Waals surface area contributed by atoms with Crippen LogP contribution in [0.3, 0.4) is 0 Å². The molecular formula is BClO2Zn. The van der Waals surface area contributed by atoms with Crippen molar-refractivity contribution in [2.45, 2.75) is 0 Å². The monoisotopic (exact) mass is 142 g/mol. The van der Waals surface area contributed by atoms with Crippen LogP contribution in [0.5, 0.6) is 0 Å². The zero-order valence-electron chi connectivity index (χ0n) is 2.48. The molecular weight excluding hydrogens is 144 g/mol. The normalized spacial score (nSPS) is 5.40. The van der Waals surface area contributed by atoms with Crippen molar-refractivity contribution in [1.29, 1.82) is 0 Å². The Bertz CT molecular complexity index is 14.4. The first kappa shape index (κ1) is 9.31. The largest absolute Gasteiger partial charge is 2.00 e. The van der Waals surface area contributed by atoms with Crippen LogP contribution in [0, 0.1) is 0 Å². The van der Waals surface area contributed by atoms with Gasteiger partial charge in [-0.05, 0) is 0 Å². The second kappa shape index (κ2) is 4.90. The third-order valence-corrected chi connectivity index (χ3v) is 0. The fourth-order valence-electron chi connectivity index (χ4n) is 0. The molecule has 5 heavy (non-hydrogen) atoms. The van der Waals surface area contributed by atoms with Crippen LogP contribution in [-0.4, -0.2) is 6.53 Å². The van der Waals surface area contributed by atoms with Gasteiger partial charge in [0.25, 0.3) is 0 Å². The Balaban J connectivity index is 0. The van der Waals surface area contributed by atoms with Gasteiger partial charge in [0.05, 0.1) is 0 Å². The molecule has 0 heterocycles. The molecule has 0 aromatic heterocycles. The smallest absolute Gasteiger partial charge is 0.881 e. The maximum absolute atomic E-state index is 8.74. The standard InChI is InChI=1S/BClO2.Zn/c2-1(3)4;/q-2;+2. The quantitative estimate of drug-likeness (QED) is 0.366. The van der Waals surface area contributed by atoms with E-state index in [1.165, 1.54) is 0 Å². The van der Waals surface area contributed by atoms with Gasteiger partial charge < -0.3 is 10.0 Å². The predicted molar refractivity (Wildman–Crippen MR) is 11.6 cm³/mol. The van der Waals surface area contributed by atoms with Gasteiger partial charge in [-0.1, -0.05) is 0 Å². The van der Waals surface area contributed by atoms with Crippen molar-refractivity contribution in [3.05, 3.63) is 0 Å². The summed E-state index contributed by atoms with van der Waals surface area (Å²) in [6, 6.07) is 0. The van der Waals surface area contributed by atoms with Crippen molar-refractivity contribution in [2.75, 3.05) is 0 Å². The first-order valence-corrected chi connectivity index (χ1v) is 1.13. The van der Waals surface area contributed by atoms with Gasteiger partial charge in [0.15, 0.2) is 0 Å². The SMILES string of the molecule is [O-]B([O-])Cl.[Zn+2]. The van der Waals surface area contributed by atoms with E-state index in [1.54, 1.807) is 0 Å². The Morgan fingerprint density at radius 2 is 1.40 bits per heavy atom. The van der Waals surface area contributed by atoms with Crippen molar-refractivity contribution in [3.63, 3.8) is 0 Å². The molecule has 0 unspecified atom stereocenters. The van der Waals surface area contributed by atoms with E-state index < -0.39 is 6.53 Å². The summed E-state index contributed by atoms with van der Waals surface area (Å²) in [5, 5.41) is 17.5. The van der Waals surface area contributed by atoms with E-state index >= 15 is 0 Å². The predicted octanol–water partition coefficient (Wildman–Crippen LogP) is -2.07. The summed E-state index contributed by atoms with van der Waals surface area (Å²) < 4.78 is 0. The van der Waals surface area contributed by atoms with Gasteiger partial charge in [-0.2, -0.15) is 0 Å². The van der Waals surface area contributed by atoms with Gasteiger partial charge >= 0.3 is 19.5 Å². The van der Waals surface area contributed by atoms with Crippen LogP contribution in [0.4, 0.5) is 0 Å². The molecule has 0 bridgehead atoms. The zero-order chi connectivity index (χ0) is 3.58. The molecule has 0 aliphatic rings. The second-order valence-electron chi connectivity index (χ2n) is 0.274. The van der Waals surface area contributed by atoms with Crippen molar-refractivity contribution in [2.24, 2.45) is 0 Å². The summed E-state index contributed by atoms with van der Waals surface area (Å²) in [5.41, 5.74) is 0. The molecule has 0 saturated carbocycles. The summed E-state index contributed by atoms with van der Waals surface area (Å²) in [7, 11) is 0. The van der Waals surface area contributed by atoms with E-state index in [9.17, 15) is 0 Å². The first-order valence-electron chi connectivity index (χ1n) is 0.690. The van der Waals surface area contributed by atoms with Crippen molar-refractivity contribution >= 4 is 18.0 Å². The molecule has 0 radical (unpaired) electrons. The van der Waals surface area contributed by atoms with Crippen molar-refractivity contribution < 1.29 is 29.5 Å². The van der Waals surface area contributed by atoms with E-state index in [4.69, 9.17) is 10.0 Å². The maximum atomic E-state index is 8.74. The molecule has 0 amide bonds. The molecule has 0 rings (SSSR count). The Morgan fingerprint density at radius 1 is 1.40 bits per heavy atom. The third-order valence-electron chi connectivity index (χ3n) is 0. The molecule has 0 saturated heterocycles. The molecule has 2 nitrogen and oxygen atoms in total. The molecule has 0 spiro atoms. The Labute approximate surface area is 48.0 Å². The van der Waals surface area contributed by atoms with Crippen molar-refractivity contribution in [1.82, 2.24) is 0 Å². The van der Waals surface area contributed by atoms with E-state index in [0.29, 0.717) is 0 Å². The Morgan fingerprint density at radius 3 is 1.40 bits per heavy atom. The Kier molecular flexibility index (Phi) is 9.12. The number of hydrogen-bond donors (Lipinski definition) is 0. The van der Waals surface area contributed by atoms with Crippen LogP contribution in [0.2, 0.25) is 0 Å². The van der Waals surface area contributed by atoms with Crippen LogP contribution >= 0.6 is 11.5 Å². The van der Waals surface area contributed by atoms with Gasteiger partial charge in [-0.3, -0.25) is 0 Å². The van der Waals surface area contributed by atoms with Gasteiger partial charge in [-0.15, -0.1) is 0 Å². The minimum Gasteiger partial charge on any atom is -0.881 e. The van der Waals surface area contributed by atoms with E-state index in [2.05, 4.69) is 11.5 Å². The molecule has 5 heteroatoms. The number of halogens is 1. The maximum Gasteiger partial charge on any atom is 2.00 e. The van der Waals surface area contributed by atoms with E-state index in [1.807, 2.05) is 0 Å². The molecule has 0 fully saturated rings. The van der Waals surface area contributed by atoms with Crippen LogP contribution in [0.25, 0.3) is 0 Å². The summed E-state index contributed by atoms with van der Waals surface area (Å²) >= 11 is 4.16. The summed E-state index contributed by atoms with van der Waals surface area (Å²) in [6.45, 7) is -2.19. The molecule has 24 valence electrons. The van der Waals surface area contributed by atoms with Gasteiger partial charge in [0.2, 0.25) is 0 Å². The van der Waals surface area contributed by atoms with Gasteiger partial charge in [0, 0.05) is 6.53 Å². The second-order valence-corrected chi connectivity index (χ2v) is 0.631. The van der Waals surface area contributed by atoms with Crippen LogP contribution in [-0.2, 0) is 19.5 Å². The average molecular weight is 144 g/mol. The number of hydrogen-bond acceptors (Lipinski definition) is 2. The topological polar surface area (TPSA) is 46.1 Å². The van der Waals surface area contributed by atoms with Crippen molar-refractivity contribution in [3.8, 4) is 0 Å². The molecule has 0 atom stereocenters. The molecule has 0 aromatic carbocycles. The average Bonchev–Trinajstić information content (AvgIpc) is 0.811. The number of rotatable bonds is 0. The molecule has 0 aliphatic carbocycles. The third kappa shape index (κ3) is 51.0. The zero-order valence-corrected chi connectivity index (χ0v) is 6.20. The fourth-order valence-corrected chi connectivity index (χ4v) is 0. The van der Waals surface area contributed by atoms with Crippen LogP contribution < -0.4 is 10.0 Å². The van der Waals surface area contributed by atoms with E-state index in [-0.39, 0.29) is 19.5 Å². The fraction of sp³-hybridized carbons (Fsp3) is 0. The Hall–Kier alpha value is 0.898. The van der Waals surface area contributed by atoms with Crippen LogP contribution in [0.15, 0.2) is 0 Å². The molecule has 0 N–H and O–H groups in total. The van der Waals surface area contributed by atoms with Gasteiger partial charge in [-0.25, -0.2) is 11.5 Å². The minimum absolute atomic E-state index is 0. The van der Waals surface area contributed by atoms with E-state index in [0.717, 1.165) is 0 Å². The molecule has 0 aromatic rings. The first-order chi connectivity index (χ1) is 1.73. The van der Waals surface area contributed by atoms with Gasteiger partial charge in [0.1, 0.15) is 0 Å². The summed E-state index contributed by atoms with van der Waals surface area (Å²) in [6.07, 6.45) is 0. The van der Waals surface area contributed by atoms with Crippen LogP contribution in [0.1, 0.15) is 0 Å².